The van der Waals surface area contributed by atoms with Crippen molar-refractivity contribution in [2.45, 2.75) is 74.5 Å². The van der Waals surface area contributed by atoms with Crippen LogP contribution in [0.1, 0.15) is 67.3 Å². The molecule has 2 N–H and O–H groups in total. The number of hydrogen-bond acceptors (Lipinski definition) is 5. The minimum atomic E-state index is -4.56. The summed E-state index contributed by atoms with van der Waals surface area (Å²) in [7, 11) is -3.49. The Morgan fingerprint density at radius 1 is 1.11 bits per heavy atom. The highest BCUT2D eigenvalue weighted by atomic mass is 32.2. The number of alkyl halides is 3. The molecule has 1 heterocycles. The first-order valence-corrected chi connectivity index (χ1v) is 14.3. The molecule has 12 heteroatoms. The third kappa shape index (κ3) is 8.17. The van der Waals surface area contributed by atoms with Crippen molar-refractivity contribution in [1.82, 2.24) is 15.0 Å². The largest absolute Gasteiger partial charge is 0.433 e. The quantitative estimate of drug-likeness (QED) is 0.425. The molecule has 1 atom stereocenters. The first kappa shape index (κ1) is 28.4. The van der Waals surface area contributed by atoms with E-state index in [0.29, 0.717) is 11.1 Å². The van der Waals surface area contributed by atoms with Crippen LogP contribution in [0, 0.1) is 5.82 Å². The molecule has 6 nitrogen and oxygen atoms in total. The second-order valence-electron chi connectivity index (χ2n) is 8.92. The van der Waals surface area contributed by atoms with Crippen molar-refractivity contribution in [3.8, 4) is 0 Å². The molecule has 3 rings (SSSR count). The standard InChI is InChI=1S/C24H29F4N3O3S2/c1-15(16-8-9-17(20(25)12-16)14-30-36(2,33)34)22(32)29-13-18-10-11-21(24(26,27)28)31-23(18)35-19-6-4-3-5-7-19/h8-12,15,19,30H,3-7,13-14H2,1-2H3,(H,29,32). The molecule has 0 radical (unpaired) electrons. The summed E-state index contributed by atoms with van der Waals surface area (Å²) in [5.74, 6) is -1.82. The Balaban J connectivity index is 1.70. The number of rotatable bonds is 9. The number of nitrogens with zero attached hydrogens (tertiary/aromatic N) is 1. The van der Waals surface area contributed by atoms with E-state index in [-0.39, 0.29) is 28.9 Å². The summed E-state index contributed by atoms with van der Waals surface area (Å²) in [4.78, 5) is 16.6. The van der Waals surface area contributed by atoms with E-state index in [2.05, 4.69) is 15.0 Å². The highest BCUT2D eigenvalue weighted by Gasteiger charge is 2.33. The number of thioether (sulfide) groups is 1. The van der Waals surface area contributed by atoms with Gasteiger partial charge in [-0.25, -0.2) is 22.5 Å². The normalized spacial score (nSPS) is 16.1. The van der Waals surface area contributed by atoms with E-state index in [9.17, 15) is 30.8 Å². The Bertz CT molecular complexity index is 1180. The molecule has 1 saturated carbocycles. The van der Waals surface area contributed by atoms with Crippen LogP contribution < -0.4 is 10.0 Å². The predicted molar refractivity (Wildman–Crippen MR) is 130 cm³/mol. The summed E-state index contributed by atoms with van der Waals surface area (Å²) in [5, 5.41) is 3.17. The third-order valence-corrected chi connectivity index (χ3v) is 8.06. The summed E-state index contributed by atoms with van der Waals surface area (Å²) >= 11 is 1.33. The summed E-state index contributed by atoms with van der Waals surface area (Å²) < 4.78 is 78.8. The zero-order valence-electron chi connectivity index (χ0n) is 20.0. The average Bonchev–Trinajstić information content (AvgIpc) is 2.81. The topological polar surface area (TPSA) is 88.2 Å². The molecule has 1 aromatic heterocycles. The van der Waals surface area contributed by atoms with Crippen molar-refractivity contribution in [1.29, 1.82) is 0 Å². The van der Waals surface area contributed by atoms with Crippen LogP contribution in [0.2, 0.25) is 0 Å². The van der Waals surface area contributed by atoms with Gasteiger partial charge in [0, 0.05) is 29.5 Å². The van der Waals surface area contributed by atoms with Gasteiger partial charge in [0.2, 0.25) is 15.9 Å². The van der Waals surface area contributed by atoms with E-state index in [1.807, 2.05) is 0 Å². The van der Waals surface area contributed by atoms with Crippen molar-refractivity contribution in [3.63, 3.8) is 0 Å². The van der Waals surface area contributed by atoms with Crippen LogP contribution >= 0.6 is 11.8 Å². The second kappa shape index (κ2) is 11.9. The van der Waals surface area contributed by atoms with Crippen LogP contribution in [0.25, 0.3) is 0 Å². The number of carbonyl (C=O) groups excluding carboxylic acids is 1. The fourth-order valence-corrected chi connectivity index (χ4v) is 5.62. The zero-order valence-corrected chi connectivity index (χ0v) is 21.6. The van der Waals surface area contributed by atoms with Crippen LogP contribution in [0.5, 0.6) is 0 Å². The summed E-state index contributed by atoms with van der Waals surface area (Å²) in [6.07, 6.45) is 1.39. The van der Waals surface area contributed by atoms with Crippen LogP contribution in [0.3, 0.4) is 0 Å². The van der Waals surface area contributed by atoms with Crippen LogP contribution in [-0.2, 0) is 34.1 Å². The highest BCUT2D eigenvalue weighted by molar-refractivity contribution is 7.99. The fraction of sp³-hybridized carbons (Fsp3) is 0.500. The lowest BCUT2D eigenvalue weighted by Gasteiger charge is -2.22. The smallest absolute Gasteiger partial charge is 0.351 e. The van der Waals surface area contributed by atoms with E-state index >= 15 is 0 Å². The number of amides is 1. The Morgan fingerprint density at radius 3 is 2.39 bits per heavy atom. The zero-order chi connectivity index (χ0) is 26.5. The lowest BCUT2D eigenvalue weighted by molar-refractivity contribution is -0.141. The maximum atomic E-state index is 14.4. The maximum absolute atomic E-state index is 14.4. The number of sulfonamides is 1. The minimum Gasteiger partial charge on any atom is -0.351 e. The molecule has 1 fully saturated rings. The Kier molecular flexibility index (Phi) is 9.39. The Labute approximate surface area is 212 Å². The molecule has 1 aliphatic carbocycles. The van der Waals surface area contributed by atoms with E-state index in [1.165, 1.54) is 36.0 Å². The van der Waals surface area contributed by atoms with Crippen molar-refractivity contribution < 1.29 is 30.8 Å². The van der Waals surface area contributed by atoms with Gasteiger partial charge in [-0.2, -0.15) is 13.2 Å². The van der Waals surface area contributed by atoms with Crippen LogP contribution in [0.15, 0.2) is 35.4 Å². The molecule has 1 aliphatic rings. The summed E-state index contributed by atoms with van der Waals surface area (Å²) in [6, 6.07) is 6.37. The molecular weight excluding hydrogens is 518 g/mol. The number of benzene rings is 1. The highest BCUT2D eigenvalue weighted by Crippen LogP contribution is 2.36. The number of nitrogens with one attached hydrogen (secondary N) is 2. The van der Waals surface area contributed by atoms with Crippen LogP contribution in [-0.4, -0.2) is 30.8 Å². The second-order valence-corrected chi connectivity index (χ2v) is 12.0. The fourth-order valence-electron chi connectivity index (χ4n) is 3.88. The number of pyridine rings is 1. The molecule has 1 amide bonds. The van der Waals surface area contributed by atoms with Gasteiger partial charge in [-0.1, -0.05) is 37.5 Å². The monoisotopic (exact) mass is 547 g/mol. The third-order valence-electron chi connectivity index (χ3n) is 6.01. The summed E-state index contributed by atoms with van der Waals surface area (Å²) in [6.45, 7) is 1.36. The molecule has 1 aromatic carbocycles. The SMILES string of the molecule is CC(C(=O)NCc1ccc(C(F)(F)F)nc1SC1CCCCC1)c1ccc(CNS(C)(=O)=O)c(F)c1. The Hall–Kier alpha value is -2.18. The number of aromatic nitrogens is 1. The van der Waals surface area contributed by atoms with Gasteiger partial charge in [-0.05, 0) is 37.5 Å². The number of hydrogen-bond donors (Lipinski definition) is 2. The first-order chi connectivity index (χ1) is 16.8. The molecule has 0 saturated heterocycles. The number of carbonyl (C=O) groups is 1. The average molecular weight is 548 g/mol. The van der Waals surface area contributed by atoms with Gasteiger partial charge in [0.25, 0.3) is 0 Å². The maximum Gasteiger partial charge on any atom is 0.433 e. The molecule has 2 aromatic rings. The predicted octanol–water partition coefficient (Wildman–Crippen LogP) is 5.13. The molecular formula is C24H29F4N3O3S2. The molecule has 0 spiro atoms. The van der Waals surface area contributed by atoms with Crippen molar-refractivity contribution in [2.75, 3.05) is 6.26 Å². The molecule has 36 heavy (non-hydrogen) atoms. The molecule has 198 valence electrons. The molecule has 0 aliphatic heterocycles. The van der Waals surface area contributed by atoms with Crippen molar-refractivity contribution in [3.05, 3.63) is 58.5 Å². The summed E-state index contributed by atoms with van der Waals surface area (Å²) in [5.41, 5.74) is 0.0464. The van der Waals surface area contributed by atoms with Gasteiger partial charge in [0.15, 0.2) is 0 Å². The molecule has 1 unspecified atom stereocenters. The van der Waals surface area contributed by atoms with E-state index in [1.54, 1.807) is 6.92 Å². The minimum absolute atomic E-state index is 0.0117. The van der Waals surface area contributed by atoms with Gasteiger partial charge in [0.05, 0.1) is 12.2 Å². The van der Waals surface area contributed by atoms with E-state index in [4.69, 9.17) is 0 Å². The Morgan fingerprint density at radius 2 is 1.78 bits per heavy atom. The van der Waals surface area contributed by atoms with Crippen molar-refractivity contribution in [2.24, 2.45) is 0 Å². The van der Waals surface area contributed by atoms with Crippen molar-refractivity contribution >= 4 is 27.7 Å². The first-order valence-electron chi connectivity index (χ1n) is 11.6. The van der Waals surface area contributed by atoms with Gasteiger partial charge in [-0.3, -0.25) is 4.79 Å². The lowest BCUT2D eigenvalue weighted by Crippen LogP contribution is -2.28. The van der Waals surface area contributed by atoms with Gasteiger partial charge < -0.3 is 5.32 Å². The lowest BCUT2D eigenvalue weighted by atomic mass is 9.98. The van der Waals surface area contributed by atoms with Gasteiger partial charge in [-0.15, -0.1) is 11.8 Å². The van der Waals surface area contributed by atoms with Gasteiger partial charge >= 0.3 is 6.18 Å². The van der Waals surface area contributed by atoms with E-state index in [0.717, 1.165) is 44.4 Å². The molecule has 0 bridgehead atoms. The van der Waals surface area contributed by atoms with E-state index < -0.39 is 39.5 Å². The van der Waals surface area contributed by atoms with Crippen LogP contribution in [0.4, 0.5) is 17.6 Å². The van der Waals surface area contributed by atoms with Gasteiger partial charge in [0.1, 0.15) is 16.5 Å². The number of halogens is 4.